The summed E-state index contributed by atoms with van der Waals surface area (Å²) in [6.07, 6.45) is 2.05. The molecule has 2 aromatic carbocycles. The van der Waals surface area contributed by atoms with Crippen LogP contribution >= 0.6 is 0 Å². The maximum Gasteiger partial charge on any atom is 0.119 e. The van der Waals surface area contributed by atoms with Crippen LogP contribution in [0.25, 0.3) is 11.6 Å². The van der Waals surface area contributed by atoms with E-state index >= 15 is 0 Å². The summed E-state index contributed by atoms with van der Waals surface area (Å²) in [5.74, 6) is 0.859. The van der Waals surface area contributed by atoms with Gasteiger partial charge in [0.15, 0.2) is 0 Å². The van der Waals surface area contributed by atoms with Crippen molar-refractivity contribution < 1.29 is 9.47 Å². The number of hydrogen-bond acceptors (Lipinski definition) is 2. The minimum atomic E-state index is 0.00444. The van der Waals surface area contributed by atoms with Crippen LogP contribution in [0.1, 0.15) is 37.5 Å². The van der Waals surface area contributed by atoms with Crippen LogP contribution in [0.4, 0.5) is 0 Å². The Morgan fingerprint density at radius 3 is 2.54 bits per heavy atom. The number of rotatable bonds is 2. The first-order valence-corrected chi connectivity index (χ1v) is 8.29. The Labute approximate surface area is 144 Å². The minimum Gasteiger partial charge on any atom is -0.497 e. The standard InChI is InChI=1S/C22H24O2/c1-22(2,3)21-20(12-10-16-8-6-5-7-9-16)19-13-11-18(23-4)14-17(19)15-24-21/h5-11,13-14,21H,15H2,1-4H3. The number of fused-ring (bicyclic) bond motifs is 1. The van der Waals surface area contributed by atoms with E-state index in [9.17, 15) is 0 Å². The van der Waals surface area contributed by atoms with Crippen molar-refractivity contribution in [3.63, 3.8) is 0 Å². The molecule has 2 aromatic rings. The van der Waals surface area contributed by atoms with E-state index in [1.807, 2.05) is 30.3 Å². The molecule has 0 saturated heterocycles. The van der Waals surface area contributed by atoms with Crippen LogP contribution in [0.2, 0.25) is 0 Å². The molecule has 0 amide bonds. The fraction of sp³-hybridized carbons (Fsp3) is 0.318. The van der Waals surface area contributed by atoms with Gasteiger partial charge in [0.2, 0.25) is 0 Å². The minimum absolute atomic E-state index is 0.00444. The lowest BCUT2D eigenvalue weighted by Crippen LogP contribution is -2.33. The second kappa shape index (κ2) is 6.68. The highest BCUT2D eigenvalue weighted by Crippen LogP contribution is 2.40. The monoisotopic (exact) mass is 320 g/mol. The summed E-state index contributed by atoms with van der Waals surface area (Å²) in [5, 5.41) is 0. The van der Waals surface area contributed by atoms with Crippen molar-refractivity contribution in [2.24, 2.45) is 5.41 Å². The summed E-state index contributed by atoms with van der Waals surface area (Å²) in [4.78, 5) is 0. The highest BCUT2D eigenvalue weighted by atomic mass is 16.5. The maximum absolute atomic E-state index is 6.19. The Kier molecular flexibility index (Phi) is 4.62. The third kappa shape index (κ3) is 3.46. The zero-order valence-electron chi connectivity index (χ0n) is 14.8. The summed E-state index contributed by atoms with van der Waals surface area (Å²) in [6.45, 7) is 7.22. The fourth-order valence-corrected chi connectivity index (χ4v) is 3.02. The summed E-state index contributed by atoms with van der Waals surface area (Å²) in [5.41, 5.74) is 8.12. The summed E-state index contributed by atoms with van der Waals surface area (Å²) in [6, 6.07) is 16.4. The molecule has 3 rings (SSSR count). The molecule has 0 fully saturated rings. The Balaban J connectivity index is 2.12. The van der Waals surface area contributed by atoms with E-state index in [1.54, 1.807) is 7.11 Å². The predicted octanol–water partition coefficient (Wildman–Crippen LogP) is 5.34. The molecular formula is C22H24O2. The Hall–Kier alpha value is -2.28. The van der Waals surface area contributed by atoms with Gasteiger partial charge in [-0.1, -0.05) is 51.1 Å². The number of ether oxygens (including phenoxy) is 2. The lowest BCUT2D eigenvalue weighted by molar-refractivity contribution is 0.00499. The van der Waals surface area contributed by atoms with E-state index in [0.717, 1.165) is 22.4 Å². The molecule has 24 heavy (non-hydrogen) atoms. The van der Waals surface area contributed by atoms with E-state index in [0.29, 0.717) is 6.61 Å². The van der Waals surface area contributed by atoms with Crippen molar-refractivity contribution in [3.8, 4) is 5.75 Å². The van der Waals surface area contributed by atoms with Crippen LogP contribution in [0, 0.1) is 5.41 Å². The van der Waals surface area contributed by atoms with Crippen molar-refractivity contribution in [2.45, 2.75) is 33.5 Å². The molecule has 0 spiro atoms. The normalized spacial score (nSPS) is 17.0. The van der Waals surface area contributed by atoms with Gasteiger partial charge in [-0.2, -0.15) is 0 Å². The molecule has 0 saturated carbocycles. The molecule has 2 nitrogen and oxygen atoms in total. The van der Waals surface area contributed by atoms with Gasteiger partial charge >= 0.3 is 0 Å². The summed E-state index contributed by atoms with van der Waals surface area (Å²) < 4.78 is 11.5. The van der Waals surface area contributed by atoms with Gasteiger partial charge in [0.1, 0.15) is 5.75 Å². The van der Waals surface area contributed by atoms with E-state index in [1.165, 1.54) is 5.56 Å². The second-order valence-electron chi connectivity index (χ2n) is 7.19. The molecule has 1 atom stereocenters. The molecule has 2 heteroatoms. The Morgan fingerprint density at radius 2 is 1.88 bits per heavy atom. The highest BCUT2D eigenvalue weighted by Gasteiger charge is 2.34. The lowest BCUT2D eigenvalue weighted by Gasteiger charge is -2.36. The highest BCUT2D eigenvalue weighted by molar-refractivity contribution is 5.76. The first kappa shape index (κ1) is 16.6. The molecule has 0 radical (unpaired) electrons. The Morgan fingerprint density at radius 1 is 1.12 bits per heavy atom. The number of hydrogen-bond donors (Lipinski definition) is 0. The van der Waals surface area contributed by atoms with E-state index < -0.39 is 0 Å². The zero-order chi connectivity index (χ0) is 17.2. The smallest absolute Gasteiger partial charge is 0.119 e. The first-order chi connectivity index (χ1) is 11.5. The fourth-order valence-electron chi connectivity index (χ4n) is 3.02. The summed E-state index contributed by atoms with van der Waals surface area (Å²) >= 11 is 0. The number of methoxy groups -OCH3 is 1. The van der Waals surface area contributed by atoms with Gasteiger partial charge in [-0.3, -0.25) is 0 Å². The van der Waals surface area contributed by atoms with Gasteiger partial charge in [-0.25, -0.2) is 0 Å². The third-order valence-corrected chi connectivity index (χ3v) is 4.25. The predicted molar refractivity (Wildman–Crippen MR) is 98.9 cm³/mol. The van der Waals surface area contributed by atoms with E-state index in [4.69, 9.17) is 9.47 Å². The lowest BCUT2D eigenvalue weighted by atomic mass is 9.79. The largest absolute Gasteiger partial charge is 0.497 e. The topological polar surface area (TPSA) is 18.5 Å². The van der Waals surface area contributed by atoms with E-state index in [2.05, 4.69) is 50.8 Å². The van der Waals surface area contributed by atoms with Crippen molar-refractivity contribution in [1.29, 1.82) is 0 Å². The molecule has 1 aliphatic rings. The van der Waals surface area contributed by atoms with Gasteiger partial charge in [0, 0.05) is 5.57 Å². The van der Waals surface area contributed by atoms with Crippen molar-refractivity contribution >= 4 is 11.6 Å². The second-order valence-corrected chi connectivity index (χ2v) is 7.19. The van der Waals surface area contributed by atoms with Crippen LogP contribution in [-0.4, -0.2) is 13.2 Å². The molecule has 1 unspecified atom stereocenters. The van der Waals surface area contributed by atoms with Crippen molar-refractivity contribution in [3.05, 3.63) is 71.0 Å². The molecule has 1 aliphatic heterocycles. The van der Waals surface area contributed by atoms with Crippen LogP contribution in [-0.2, 0) is 11.3 Å². The van der Waals surface area contributed by atoms with Crippen molar-refractivity contribution in [2.75, 3.05) is 7.11 Å². The van der Waals surface area contributed by atoms with Gasteiger partial charge in [0.25, 0.3) is 0 Å². The number of benzene rings is 2. The average molecular weight is 320 g/mol. The Bertz CT molecular complexity index is 775. The van der Waals surface area contributed by atoms with Gasteiger partial charge in [-0.15, -0.1) is 5.73 Å². The first-order valence-electron chi connectivity index (χ1n) is 8.29. The van der Waals surface area contributed by atoms with Crippen LogP contribution in [0.15, 0.2) is 54.3 Å². The molecule has 1 heterocycles. The molecule has 0 aliphatic carbocycles. The molecular weight excluding hydrogens is 296 g/mol. The van der Waals surface area contributed by atoms with Gasteiger partial charge in [0.05, 0.1) is 19.8 Å². The SMILES string of the molecule is COc1ccc2c(c1)COC(C(C)(C)C)C2=C=Cc1ccccc1. The summed E-state index contributed by atoms with van der Waals surface area (Å²) in [7, 11) is 1.69. The molecule has 124 valence electrons. The van der Waals surface area contributed by atoms with Gasteiger partial charge < -0.3 is 9.47 Å². The van der Waals surface area contributed by atoms with E-state index in [-0.39, 0.29) is 11.5 Å². The quantitative estimate of drug-likeness (QED) is 0.696. The van der Waals surface area contributed by atoms with Gasteiger partial charge in [-0.05, 0) is 46.4 Å². The zero-order valence-corrected chi connectivity index (χ0v) is 14.8. The van der Waals surface area contributed by atoms with Crippen LogP contribution in [0.3, 0.4) is 0 Å². The van der Waals surface area contributed by atoms with Crippen LogP contribution < -0.4 is 4.74 Å². The van der Waals surface area contributed by atoms with Crippen molar-refractivity contribution in [1.82, 2.24) is 0 Å². The molecule has 0 N–H and O–H groups in total. The van der Waals surface area contributed by atoms with Crippen LogP contribution in [0.5, 0.6) is 5.75 Å². The maximum atomic E-state index is 6.19. The average Bonchev–Trinajstić information content (AvgIpc) is 2.58. The molecule has 0 aromatic heterocycles. The third-order valence-electron chi connectivity index (χ3n) is 4.25. The molecule has 0 bridgehead atoms.